The van der Waals surface area contributed by atoms with Crippen molar-refractivity contribution in [3.05, 3.63) is 16.4 Å². The molecule has 0 amide bonds. The van der Waals surface area contributed by atoms with Crippen molar-refractivity contribution in [2.24, 2.45) is 0 Å². The van der Waals surface area contributed by atoms with Crippen LogP contribution in [0.15, 0.2) is 9.21 Å². The molecule has 3 rings (SSSR count). The van der Waals surface area contributed by atoms with Crippen molar-refractivity contribution in [2.45, 2.75) is 36.8 Å². The highest BCUT2D eigenvalue weighted by Crippen LogP contribution is 2.45. The molecule has 2 atom stereocenters. The van der Waals surface area contributed by atoms with Crippen molar-refractivity contribution >= 4 is 9.24 Å². The van der Waals surface area contributed by atoms with Crippen molar-refractivity contribution < 1.29 is 4.42 Å². The van der Waals surface area contributed by atoms with Crippen LogP contribution in [0.25, 0.3) is 0 Å². The molecule has 2 unspecified atom stereocenters. The Labute approximate surface area is 102 Å². The Morgan fingerprint density at radius 1 is 1.59 bits per heavy atom. The van der Waals surface area contributed by atoms with E-state index in [0.29, 0.717) is 11.0 Å². The average Bonchev–Trinajstić information content (AvgIpc) is 2.87. The standard InChI is InChI=1S/C11H18N3O2P/c15-10-13-12-9(16-10)8-2-1-5-14(6-8)7-11(17)3-4-11/h8H,1-7,17H2,(H,13,15). The predicted molar refractivity (Wildman–Crippen MR) is 67.2 cm³/mol. The maximum Gasteiger partial charge on any atom is 0.434 e. The molecule has 1 aliphatic heterocycles. The SMILES string of the molecule is O=c1[nH]nc(C2CCCN(CC3(P)CC3)C2)o1. The average molecular weight is 255 g/mol. The third kappa shape index (κ3) is 2.61. The number of nitrogens with zero attached hydrogens (tertiary/aromatic N) is 2. The van der Waals surface area contributed by atoms with Gasteiger partial charge in [0, 0.05) is 13.1 Å². The Hall–Kier alpha value is -0.670. The Kier molecular flexibility index (Phi) is 2.83. The van der Waals surface area contributed by atoms with E-state index in [9.17, 15) is 4.79 Å². The molecule has 1 aliphatic carbocycles. The first-order chi connectivity index (χ1) is 8.15. The molecule has 2 aliphatic rings. The van der Waals surface area contributed by atoms with Crippen LogP contribution in [0.1, 0.15) is 37.5 Å². The van der Waals surface area contributed by atoms with Crippen LogP contribution in [0.5, 0.6) is 0 Å². The molecule has 2 fully saturated rings. The normalized spacial score (nSPS) is 28.2. The zero-order chi connectivity index (χ0) is 11.9. The van der Waals surface area contributed by atoms with E-state index < -0.39 is 5.76 Å². The summed E-state index contributed by atoms with van der Waals surface area (Å²) in [5.41, 5.74) is 0. The van der Waals surface area contributed by atoms with Gasteiger partial charge in [0.1, 0.15) is 0 Å². The lowest BCUT2D eigenvalue weighted by molar-refractivity contribution is 0.190. The molecule has 6 heteroatoms. The van der Waals surface area contributed by atoms with Crippen LogP contribution in [0.3, 0.4) is 0 Å². The number of piperidine rings is 1. The van der Waals surface area contributed by atoms with E-state index in [1.807, 2.05) is 0 Å². The largest absolute Gasteiger partial charge is 0.434 e. The number of aromatic nitrogens is 2. The first-order valence-corrected chi connectivity index (χ1v) is 6.79. The van der Waals surface area contributed by atoms with Gasteiger partial charge in [0.2, 0.25) is 5.89 Å². The number of aromatic amines is 1. The van der Waals surface area contributed by atoms with E-state index in [1.54, 1.807) is 0 Å². The minimum Gasteiger partial charge on any atom is -0.392 e. The monoisotopic (exact) mass is 255 g/mol. The van der Waals surface area contributed by atoms with Crippen molar-refractivity contribution in [1.29, 1.82) is 0 Å². The molecular weight excluding hydrogens is 237 g/mol. The van der Waals surface area contributed by atoms with Crippen molar-refractivity contribution in [1.82, 2.24) is 15.1 Å². The second-order valence-electron chi connectivity index (χ2n) is 5.39. The zero-order valence-corrected chi connectivity index (χ0v) is 11.0. The first-order valence-electron chi connectivity index (χ1n) is 6.21. The summed E-state index contributed by atoms with van der Waals surface area (Å²) in [7, 11) is 2.98. The lowest BCUT2D eigenvalue weighted by Crippen LogP contribution is -2.38. The van der Waals surface area contributed by atoms with Crippen molar-refractivity contribution in [3.8, 4) is 0 Å². The van der Waals surface area contributed by atoms with Crippen molar-refractivity contribution in [3.63, 3.8) is 0 Å². The van der Waals surface area contributed by atoms with E-state index in [1.165, 1.54) is 12.8 Å². The van der Waals surface area contributed by atoms with Crippen LogP contribution < -0.4 is 5.76 Å². The zero-order valence-electron chi connectivity index (χ0n) is 9.82. The number of rotatable bonds is 3. The quantitative estimate of drug-likeness (QED) is 0.817. The molecule has 1 saturated carbocycles. The lowest BCUT2D eigenvalue weighted by atomic mass is 9.98. The van der Waals surface area contributed by atoms with Crippen molar-refractivity contribution in [2.75, 3.05) is 19.6 Å². The van der Waals surface area contributed by atoms with E-state index >= 15 is 0 Å². The molecular formula is C11H18N3O2P. The van der Waals surface area contributed by atoms with Gasteiger partial charge in [0.25, 0.3) is 0 Å². The molecule has 0 radical (unpaired) electrons. The molecule has 0 bridgehead atoms. The smallest absolute Gasteiger partial charge is 0.392 e. The topological polar surface area (TPSA) is 62.1 Å². The van der Waals surface area contributed by atoms with Crippen LogP contribution in [0.2, 0.25) is 0 Å². The molecule has 2 heterocycles. The summed E-state index contributed by atoms with van der Waals surface area (Å²) >= 11 is 0. The number of hydrogen-bond acceptors (Lipinski definition) is 4. The van der Waals surface area contributed by atoms with E-state index in [0.717, 1.165) is 32.5 Å². The fraction of sp³-hybridized carbons (Fsp3) is 0.818. The molecule has 1 aromatic heterocycles. The minimum absolute atomic E-state index is 0.273. The fourth-order valence-corrected chi connectivity index (χ4v) is 2.98. The summed E-state index contributed by atoms with van der Waals surface area (Å²) in [6.45, 7) is 3.26. The van der Waals surface area contributed by atoms with Gasteiger partial charge in [-0.1, -0.05) is 0 Å². The maximum atomic E-state index is 11.0. The molecule has 1 N–H and O–H groups in total. The molecule has 5 nitrogen and oxygen atoms in total. The summed E-state index contributed by atoms with van der Waals surface area (Å²) < 4.78 is 5.06. The third-order valence-corrected chi connectivity index (χ3v) is 4.50. The summed E-state index contributed by atoms with van der Waals surface area (Å²) in [4.78, 5) is 13.4. The van der Waals surface area contributed by atoms with Gasteiger partial charge in [0.05, 0.1) is 5.92 Å². The summed E-state index contributed by atoms with van der Waals surface area (Å²) in [6, 6.07) is 0. The first kappa shape index (κ1) is 11.4. The van der Waals surface area contributed by atoms with Gasteiger partial charge in [-0.15, -0.1) is 14.3 Å². The number of likely N-dealkylation sites (tertiary alicyclic amines) is 1. The second-order valence-corrected chi connectivity index (χ2v) is 6.61. The molecule has 1 saturated heterocycles. The van der Waals surface area contributed by atoms with Crippen LogP contribution in [-0.2, 0) is 0 Å². The number of hydrogen-bond donors (Lipinski definition) is 1. The van der Waals surface area contributed by atoms with Gasteiger partial charge in [-0.2, -0.15) is 0 Å². The van der Waals surface area contributed by atoms with Gasteiger partial charge in [-0.3, -0.25) is 0 Å². The fourth-order valence-electron chi connectivity index (χ4n) is 2.58. The number of H-pyrrole nitrogens is 1. The summed E-state index contributed by atoms with van der Waals surface area (Å²) in [5, 5.41) is 6.76. The lowest BCUT2D eigenvalue weighted by Gasteiger charge is -2.32. The molecule has 17 heavy (non-hydrogen) atoms. The highest BCUT2D eigenvalue weighted by Gasteiger charge is 2.40. The summed E-state index contributed by atoms with van der Waals surface area (Å²) in [6.07, 6.45) is 4.85. The molecule has 0 aromatic carbocycles. The highest BCUT2D eigenvalue weighted by molar-refractivity contribution is 7.19. The Morgan fingerprint density at radius 3 is 3.06 bits per heavy atom. The summed E-state index contributed by atoms with van der Waals surface area (Å²) in [5.74, 6) is 0.408. The Morgan fingerprint density at radius 2 is 2.41 bits per heavy atom. The Bertz CT molecular complexity index is 452. The second kappa shape index (κ2) is 4.21. The maximum absolute atomic E-state index is 11.0. The van der Waals surface area contributed by atoms with Crippen LogP contribution in [-0.4, -0.2) is 39.9 Å². The Balaban J connectivity index is 1.65. The van der Waals surface area contributed by atoms with Crippen LogP contribution >= 0.6 is 9.24 Å². The number of nitrogens with one attached hydrogen (secondary N) is 1. The van der Waals surface area contributed by atoms with E-state index in [2.05, 4.69) is 24.3 Å². The van der Waals surface area contributed by atoms with E-state index in [-0.39, 0.29) is 5.92 Å². The van der Waals surface area contributed by atoms with Gasteiger partial charge in [0.15, 0.2) is 0 Å². The van der Waals surface area contributed by atoms with E-state index in [4.69, 9.17) is 4.42 Å². The van der Waals surface area contributed by atoms with Gasteiger partial charge in [-0.05, 0) is 37.4 Å². The van der Waals surface area contributed by atoms with Crippen LogP contribution in [0, 0.1) is 0 Å². The molecule has 94 valence electrons. The van der Waals surface area contributed by atoms with Gasteiger partial charge < -0.3 is 9.32 Å². The highest BCUT2D eigenvalue weighted by atomic mass is 31.0. The predicted octanol–water partition coefficient (Wildman–Crippen LogP) is 0.950. The van der Waals surface area contributed by atoms with Crippen LogP contribution in [0.4, 0.5) is 0 Å². The minimum atomic E-state index is -0.443. The van der Waals surface area contributed by atoms with Gasteiger partial charge >= 0.3 is 5.76 Å². The molecule has 1 aromatic rings. The van der Waals surface area contributed by atoms with Gasteiger partial charge in [-0.25, -0.2) is 9.89 Å². The molecule has 0 spiro atoms. The third-order valence-electron chi connectivity index (χ3n) is 3.74.